The Labute approximate surface area is 154 Å². The van der Waals surface area contributed by atoms with Crippen LogP contribution in [-0.2, 0) is 22.2 Å². The van der Waals surface area contributed by atoms with Gasteiger partial charge in [0.2, 0.25) is 10.0 Å². The van der Waals surface area contributed by atoms with Gasteiger partial charge in [-0.3, -0.25) is 0 Å². The van der Waals surface area contributed by atoms with Gasteiger partial charge < -0.3 is 4.57 Å². The minimum atomic E-state index is -3.55. The fourth-order valence-electron chi connectivity index (χ4n) is 3.45. The van der Waals surface area contributed by atoms with Crippen LogP contribution >= 0.6 is 0 Å². The molecule has 0 spiro atoms. The third-order valence-electron chi connectivity index (χ3n) is 4.85. The van der Waals surface area contributed by atoms with Gasteiger partial charge in [-0.2, -0.15) is 0 Å². The number of hydrogen-bond donors (Lipinski definition) is 0. The van der Waals surface area contributed by atoms with E-state index in [1.165, 1.54) is 16.4 Å². The monoisotopic (exact) mass is 380 g/mol. The van der Waals surface area contributed by atoms with E-state index >= 15 is 0 Å². The summed E-state index contributed by atoms with van der Waals surface area (Å²) in [5, 5.41) is 8.18. The molecule has 1 aromatic carbocycles. The molecule has 1 aliphatic rings. The molecule has 0 amide bonds. The first-order valence-corrected chi connectivity index (χ1v) is 10.6. The lowest BCUT2D eigenvalue weighted by Crippen LogP contribution is -2.41. The van der Waals surface area contributed by atoms with Crippen LogP contribution in [0.4, 0.5) is 4.39 Å². The second-order valence-electron chi connectivity index (χ2n) is 7.17. The highest BCUT2D eigenvalue weighted by molar-refractivity contribution is 7.88. The minimum absolute atomic E-state index is 0.195. The molecule has 1 aliphatic heterocycles. The molecule has 1 atom stereocenters. The molecule has 0 saturated carbocycles. The summed E-state index contributed by atoms with van der Waals surface area (Å²) < 4.78 is 42.9. The molecule has 8 heteroatoms. The van der Waals surface area contributed by atoms with Crippen molar-refractivity contribution in [2.45, 2.75) is 44.9 Å². The van der Waals surface area contributed by atoms with E-state index in [-0.39, 0.29) is 23.3 Å². The van der Waals surface area contributed by atoms with Crippen LogP contribution in [0.25, 0.3) is 0 Å². The van der Waals surface area contributed by atoms with Crippen LogP contribution in [0.5, 0.6) is 0 Å². The lowest BCUT2D eigenvalue weighted by Gasteiger charge is -2.32. The summed E-state index contributed by atoms with van der Waals surface area (Å²) in [7, 11) is -3.55. The van der Waals surface area contributed by atoms with Gasteiger partial charge in [-0.25, -0.2) is 17.1 Å². The first-order chi connectivity index (χ1) is 12.4. The standard InChI is InChI=1S/C18H25FN4O2S/c1-14(2)23-13-20-21-18(23)10-15-6-5-9-22(11-15)26(24,25)12-16-7-3-4-8-17(16)19/h3-4,7-8,13-15H,5-6,9-12H2,1-2H3. The first kappa shape index (κ1) is 19.0. The zero-order chi connectivity index (χ0) is 18.7. The van der Waals surface area contributed by atoms with E-state index in [4.69, 9.17) is 0 Å². The number of halogens is 1. The molecule has 142 valence electrons. The molecule has 26 heavy (non-hydrogen) atoms. The molecule has 0 radical (unpaired) electrons. The summed E-state index contributed by atoms with van der Waals surface area (Å²) in [5.74, 6) is 0.308. The van der Waals surface area contributed by atoms with Crippen molar-refractivity contribution in [3.8, 4) is 0 Å². The maximum absolute atomic E-state index is 13.8. The van der Waals surface area contributed by atoms with E-state index in [1.807, 2.05) is 4.57 Å². The minimum Gasteiger partial charge on any atom is -0.315 e. The molecule has 1 aromatic heterocycles. The molecule has 0 N–H and O–H groups in total. The Morgan fingerprint density at radius 3 is 2.81 bits per heavy atom. The molecule has 0 bridgehead atoms. The zero-order valence-electron chi connectivity index (χ0n) is 15.2. The van der Waals surface area contributed by atoms with Crippen molar-refractivity contribution < 1.29 is 12.8 Å². The van der Waals surface area contributed by atoms with Crippen LogP contribution in [0, 0.1) is 11.7 Å². The van der Waals surface area contributed by atoms with Crippen molar-refractivity contribution in [2.75, 3.05) is 13.1 Å². The Kier molecular flexibility index (Phi) is 5.72. The van der Waals surface area contributed by atoms with Crippen LogP contribution in [0.2, 0.25) is 0 Å². The van der Waals surface area contributed by atoms with Crippen LogP contribution in [-0.4, -0.2) is 40.6 Å². The Balaban J connectivity index is 1.69. The Morgan fingerprint density at radius 2 is 2.08 bits per heavy atom. The van der Waals surface area contributed by atoms with E-state index in [2.05, 4.69) is 24.0 Å². The summed E-state index contributed by atoms with van der Waals surface area (Å²) >= 11 is 0. The van der Waals surface area contributed by atoms with Crippen molar-refractivity contribution in [2.24, 2.45) is 5.92 Å². The first-order valence-electron chi connectivity index (χ1n) is 8.96. The molecular formula is C18H25FN4O2S. The van der Waals surface area contributed by atoms with E-state index in [1.54, 1.807) is 18.5 Å². The van der Waals surface area contributed by atoms with E-state index in [0.717, 1.165) is 18.7 Å². The average Bonchev–Trinajstić information content (AvgIpc) is 3.05. The maximum Gasteiger partial charge on any atom is 0.218 e. The third kappa shape index (κ3) is 4.29. The van der Waals surface area contributed by atoms with Gasteiger partial charge in [0, 0.05) is 31.1 Å². The molecule has 3 rings (SSSR count). The van der Waals surface area contributed by atoms with Gasteiger partial charge in [0.15, 0.2) is 0 Å². The van der Waals surface area contributed by atoms with Crippen molar-refractivity contribution >= 4 is 10.0 Å². The van der Waals surface area contributed by atoms with Gasteiger partial charge in [-0.1, -0.05) is 18.2 Å². The molecule has 2 heterocycles. The predicted molar refractivity (Wildman–Crippen MR) is 97.4 cm³/mol. The molecule has 6 nitrogen and oxygen atoms in total. The van der Waals surface area contributed by atoms with Crippen molar-refractivity contribution in [3.63, 3.8) is 0 Å². The van der Waals surface area contributed by atoms with Gasteiger partial charge in [0.1, 0.15) is 18.0 Å². The molecule has 1 fully saturated rings. The lowest BCUT2D eigenvalue weighted by molar-refractivity contribution is 0.260. The number of rotatable bonds is 6. The van der Waals surface area contributed by atoms with Gasteiger partial charge in [-0.15, -0.1) is 10.2 Å². The number of piperidine rings is 1. The molecule has 1 saturated heterocycles. The summed E-state index contributed by atoms with van der Waals surface area (Å²) in [5.41, 5.74) is 0.217. The number of hydrogen-bond acceptors (Lipinski definition) is 4. The van der Waals surface area contributed by atoms with Crippen LogP contribution in [0.15, 0.2) is 30.6 Å². The quantitative estimate of drug-likeness (QED) is 0.773. The van der Waals surface area contributed by atoms with Crippen molar-refractivity contribution in [1.29, 1.82) is 0 Å². The second kappa shape index (κ2) is 7.84. The molecular weight excluding hydrogens is 355 g/mol. The number of nitrogens with zero attached hydrogens (tertiary/aromatic N) is 4. The average molecular weight is 380 g/mol. The summed E-state index contributed by atoms with van der Waals surface area (Å²) in [4.78, 5) is 0. The normalized spacial score (nSPS) is 19.2. The second-order valence-corrected chi connectivity index (χ2v) is 9.14. The molecule has 0 aliphatic carbocycles. The van der Waals surface area contributed by atoms with E-state index < -0.39 is 15.8 Å². The zero-order valence-corrected chi connectivity index (χ0v) is 16.0. The van der Waals surface area contributed by atoms with Gasteiger partial charge in [0.25, 0.3) is 0 Å². The Morgan fingerprint density at radius 1 is 1.31 bits per heavy atom. The Bertz CT molecular complexity index is 850. The summed E-state index contributed by atoms with van der Waals surface area (Å²) in [6.45, 7) is 5.07. The van der Waals surface area contributed by atoms with Crippen LogP contribution < -0.4 is 0 Å². The van der Waals surface area contributed by atoms with Crippen molar-refractivity contribution in [3.05, 3.63) is 47.8 Å². The topological polar surface area (TPSA) is 68.1 Å². The smallest absolute Gasteiger partial charge is 0.218 e. The number of aromatic nitrogens is 3. The SMILES string of the molecule is CC(C)n1cnnc1CC1CCCN(S(=O)(=O)Cc2ccccc2F)C1. The van der Waals surface area contributed by atoms with Crippen molar-refractivity contribution in [1.82, 2.24) is 19.1 Å². The van der Waals surface area contributed by atoms with Gasteiger partial charge in [0.05, 0.1) is 5.75 Å². The van der Waals surface area contributed by atoms with Crippen LogP contribution in [0.3, 0.4) is 0 Å². The number of sulfonamides is 1. The highest BCUT2D eigenvalue weighted by Gasteiger charge is 2.30. The summed E-state index contributed by atoms with van der Waals surface area (Å²) in [6.07, 6.45) is 4.17. The Hall–Kier alpha value is -1.80. The highest BCUT2D eigenvalue weighted by atomic mass is 32.2. The van der Waals surface area contributed by atoms with E-state index in [9.17, 15) is 12.8 Å². The molecule has 1 unspecified atom stereocenters. The fraction of sp³-hybridized carbons (Fsp3) is 0.556. The summed E-state index contributed by atoms with van der Waals surface area (Å²) in [6, 6.07) is 6.31. The van der Waals surface area contributed by atoms with Gasteiger partial charge in [-0.05, 0) is 38.7 Å². The van der Waals surface area contributed by atoms with Gasteiger partial charge >= 0.3 is 0 Å². The maximum atomic E-state index is 13.8. The lowest BCUT2D eigenvalue weighted by atomic mass is 9.96. The van der Waals surface area contributed by atoms with Crippen LogP contribution in [0.1, 0.15) is 44.1 Å². The largest absolute Gasteiger partial charge is 0.315 e. The molecule has 2 aromatic rings. The fourth-order valence-corrected chi connectivity index (χ4v) is 5.11. The highest BCUT2D eigenvalue weighted by Crippen LogP contribution is 2.25. The third-order valence-corrected chi connectivity index (χ3v) is 6.64. The van der Waals surface area contributed by atoms with E-state index in [0.29, 0.717) is 19.5 Å². The number of benzene rings is 1. The predicted octanol–water partition coefficient (Wildman–Crippen LogP) is 2.78.